The number of aromatic nitrogens is 3. The molecule has 8 heteroatoms. The first-order valence-corrected chi connectivity index (χ1v) is 8.38. The molecule has 8 nitrogen and oxygen atoms in total. The number of pyridine rings is 1. The number of benzene rings is 1. The van der Waals surface area contributed by atoms with Crippen LogP contribution in [0, 0.1) is 11.3 Å². The fourth-order valence-electron chi connectivity index (χ4n) is 2.35. The largest absolute Gasteiger partial charge is 0.486 e. The Bertz CT molecular complexity index is 1010. The molecule has 3 aromatic rings. The third-order valence-electron chi connectivity index (χ3n) is 3.58. The van der Waals surface area contributed by atoms with Gasteiger partial charge in [0, 0.05) is 6.20 Å². The highest BCUT2D eigenvalue weighted by atomic mass is 16.5. The molecule has 0 atom stereocenters. The number of hydrogen-bond acceptors (Lipinski definition) is 6. The van der Waals surface area contributed by atoms with E-state index in [2.05, 4.69) is 22.0 Å². The summed E-state index contributed by atoms with van der Waals surface area (Å²) in [6.07, 6.45) is 4.58. The Hall–Kier alpha value is -4.12. The van der Waals surface area contributed by atoms with Gasteiger partial charge < -0.3 is 14.8 Å². The van der Waals surface area contributed by atoms with Crippen LogP contribution in [0.1, 0.15) is 5.56 Å². The van der Waals surface area contributed by atoms with Gasteiger partial charge in [0.2, 0.25) is 0 Å². The number of amides is 1. The summed E-state index contributed by atoms with van der Waals surface area (Å²) in [6.45, 7) is 3.65. The molecule has 1 aromatic carbocycles. The molecular formula is C20H17N5O3. The smallest absolute Gasteiger partial charge is 0.263 e. The van der Waals surface area contributed by atoms with Gasteiger partial charge in [0.05, 0.1) is 6.20 Å². The molecule has 28 heavy (non-hydrogen) atoms. The normalized spacial score (nSPS) is 9.96. The summed E-state index contributed by atoms with van der Waals surface area (Å²) in [5.74, 6) is 1.19. The van der Waals surface area contributed by atoms with Gasteiger partial charge in [0.15, 0.2) is 29.7 Å². The minimum Gasteiger partial charge on any atom is -0.486 e. The van der Waals surface area contributed by atoms with Gasteiger partial charge in [-0.15, -0.1) is 0 Å². The molecule has 2 aromatic heterocycles. The monoisotopic (exact) mass is 375 g/mol. The fourth-order valence-corrected chi connectivity index (χ4v) is 2.35. The minimum atomic E-state index is -0.451. The van der Waals surface area contributed by atoms with Crippen LogP contribution in [0.4, 0.5) is 5.82 Å². The summed E-state index contributed by atoms with van der Waals surface area (Å²) >= 11 is 0. The van der Waals surface area contributed by atoms with Crippen molar-refractivity contribution in [1.29, 1.82) is 5.26 Å². The predicted octanol–water partition coefficient (Wildman–Crippen LogP) is 2.72. The average Bonchev–Trinajstić information content (AvgIpc) is 3.14. The zero-order chi connectivity index (χ0) is 19.8. The molecule has 0 radical (unpaired) electrons. The van der Waals surface area contributed by atoms with Crippen molar-refractivity contribution in [3.8, 4) is 23.4 Å². The van der Waals surface area contributed by atoms with Crippen LogP contribution < -0.4 is 14.8 Å². The molecule has 1 N–H and O–H groups in total. The lowest BCUT2D eigenvalue weighted by molar-refractivity contribution is -0.118. The summed E-state index contributed by atoms with van der Waals surface area (Å²) in [5.41, 5.74) is 0.216. The molecule has 3 rings (SSSR count). The maximum absolute atomic E-state index is 12.4. The Morgan fingerprint density at radius 2 is 1.96 bits per heavy atom. The summed E-state index contributed by atoms with van der Waals surface area (Å²) in [4.78, 5) is 16.6. The maximum Gasteiger partial charge on any atom is 0.263 e. The van der Waals surface area contributed by atoms with E-state index >= 15 is 0 Å². The van der Waals surface area contributed by atoms with Crippen molar-refractivity contribution in [2.45, 2.75) is 0 Å². The molecular weight excluding hydrogens is 358 g/mol. The van der Waals surface area contributed by atoms with Crippen LogP contribution in [0.3, 0.4) is 0 Å². The van der Waals surface area contributed by atoms with E-state index in [0.29, 0.717) is 23.9 Å². The number of nitriles is 1. The predicted molar refractivity (Wildman–Crippen MR) is 102 cm³/mol. The maximum atomic E-state index is 12.4. The van der Waals surface area contributed by atoms with Crippen LogP contribution in [0.5, 0.6) is 11.5 Å². The van der Waals surface area contributed by atoms with E-state index in [0.717, 1.165) is 0 Å². The van der Waals surface area contributed by atoms with Gasteiger partial charge in [0.1, 0.15) is 18.2 Å². The van der Waals surface area contributed by atoms with Crippen LogP contribution in [-0.4, -0.2) is 33.9 Å². The minimum absolute atomic E-state index is 0.216. The topological polar surface area (TPSA) is 102 Å². The Morgan fingerprint density at radius 3 is 2.64 bits per heavy atom. The first-order valence-electron chi connectivity index (χ1n) is 8.38. The van der Waals surface area contributed by atoms with Crippen LogP contribution in [-0.2, 0) is 4.79 Å². The lowest BCUT2D eigenvalue weighted by Gasteiger charge is -2.12. The van der Waals surface area contributed by atoms with Crippen molar-refractivity contribution in [2.75, 3.05) is 18.5 Å². The summed E-state index contributed by atoms with van der Waals surface area (Å²) in [5, 5.41) is 16.1. The molecule has 0 unspecified atom stereocenters. The number of anilines is 1. The lowest BCUT2D eigenvalue weighted by Crippen LogP contribution is -2.22. The van der Waals surface area contributed by atoms with Gasteiger partial charge in [0.25, 0.3) is 5.91 Å². The van der Waals surface area contributed by atoms with Crippen molar-refractivity contribution in [2.24, 2.45) is 0 Å². The van der Waals surface area contributed by atoms with Gasteiger partial charge >= 0.3 is 0 Å². The quantitative estimate of drug-likeness (QED) is 0.608. The Balaban J connectivity index is 1.72. The number of nitrogens with one attached hydrogen (secondary N) is 1. The number of carbonyl (C=O) groups is 1. The molecule has 0 aliphatic carbocycles. The third kappa shape index (κ3) is 4.34. The molecule has 0 saturated carbocycles. The van der Waals surface area contributed by atoms with Gasteiger partial charge in [-0.25, -0.2) is 4.98 Å². The number of rotatable bonds is 8. The number of nitrogens with zero attached hydrogens (tertiary/aromatic N) is 4. The molecule has 140 valence electrons. The van der Waals surface area contributed by atoms with E-state index in [1.165, 1.54) is 10.9 Å². The fraction of sp³-hybridized carbons (Fsp3) is 0.100. The molecule has 0 aliphatic rings. The second-order valence-electron chi connectivity index (χ2n) is 5.50. The van der Waals surface area contributed by atoms with Crippen LogP contribution in [0.25, 0.3) is 5.82 Å². The lowest BCUT2D eigenvalue weighted by atomic mass is 10.3. The summed E-state index contributed by atoms with van der Waals surface area (Å²) in [7, 11) is 0. The summed E-state index contributed by atoms with van der Waals surface area (Å²) < 4.78 is 12.4. The van der Waals surface area contributed by atoms with Gasteiger partial charge in [-0.1, -0.05) is 30.9 Å². The van der Waals surface area contributed by atoms with Gasteiger partial charge in [-0.3, -0.25) is 4.79 Å². The van der Waals surface area contributed by atoms with Crippen molar-refractivity contribution < 1.29 is 14.3 Å². The average molecular weight is 375 g/mol. The molecule has 0 aliphatic heterocycles. The van der Waals surface area contributed by atoms with E-state index in [9.17, 15) is 10.1 Å². The van der Waals surface area contributed by atoms with Crippen molar-refractivity contribution in [1.82, 2.24) is 14.8 Å². The van der Waals surface area contributed by atoms with E-state index in [1.807, 2.05) is 6.07 Å². The van der Waals surface area contributed by atoms with Crippen molar-refractivity contribution in [3.63, 3.8) is 0 Å². The number of carbonyl (C=O) groups excluding carboxylic acids is 1. The zero-order valence-electron chi connectivity index (χ0n) is 14.9. The van der Waals surface area contributed by atoms with Gasteiger partial charge in [-0.05, 0) is 24.3 Å². The molecule has 0 saturated heterocycles. The highest BCUT2D eigenvalue weighted by Crippen LogP contribution is 2.26. The first-order chi connectivity index (χ1) is 13.7. The van der Waals surface area contributed by atoms with E-state index in [-0.39, 0.29) is 18.0 Å². The molecule has 2 heterocycles. The Morgan fingerprint density at radius 1 is 1.21 bits per heavy atom. The standard InChI is InChI=1S/C20H17N5O3/c1-2-11-27-16-7-3-4-8-17(16)28-14-19(26)24-20-15(12-21)13-23-25(20)18-9-5-6-10-22-18/h2-10,13H,1,11,14H2,(H,24,26). The van der Waals surface area contributed by atoms with Gasteiger partial charge in [-0.2, -0.15) is 15.0 Å². The molecule has 0 bridgehead atoms. The van der Waals surface area contributed by atoms with Crippen molar-refractivity contribution in [3.05, 3.63) is 73.1 Å². The highest BCUT2D eigenvalue weighted by molar-refractivity contribution is 5.92. The Labute approximate surface area is 161 Å². The number of hydrogen-bond donors (Lipinski definition) is 1. The third-order valence-corrected chi connectivity index (χ3v) is 3.58. The second-order valence-corrected chi connectivity index (χ2v) is 5.50. The van der Waals surface area contributed by atoms with E-state index < -0.39 is 5.91 Å². The molecule has 0 fully saturated rings. The molecule has 1 amide bonds. The van der Waals surface area contributed by atoms with Crippen LogP contribution in [0.15, 0.2) is 67.5 Å². The molecule has 0 spiro atoms. The van der Waals surface area contributed by atoms with E-state index in [1.54, 1.807) is 54.7 Å². The SMILES string of the molecule is C=CCOc1ccccc1OCC(=O)Nc1c(C#N)cnn1-c1ccccn1. The highest BCUT2D eigenvalue weighted by Gasteiger charge is 2.16. The Kier molecular flexibility index (Phi) is 6.00. The van der Waals surface area contributed by atoms with Crippen molar-refractivity contribution >= 4 is 11.7 Å². The number of ether oxygens (including phenoxy) is 2. The second kappa shape index (κ2) is 9.00. The van der Waals surface area contributed by atoms with Crippen LogP contribution in [0.2, 0.25) is 0 Å². The first kappa shape index (κ1) is 18.7. The zero-order valence-corrected chi connectivity index (χ0v) is 14.9. The van der Waals surface area contributed by atoms with Crippen LogP contribution >= 0.6 is 0 Å². The van der Waals surface area contributed by atoms with E-state index in [4.69, 9.17) is 9.47 Å². The summed E-state index contributed by atoms with van der Waals surface area (Å²) in [6, 6.07) is 14.3. The number of para-hydroxylation sites is 2.